The summed E-state index contributed by atoms with van der Waals surface area (Å²) in [5.74, 6) is 2.35. The molecule has 0 saturated heterocycles. The molecule has 6 aromatic rings. The van der Waals surface area contributed by atoms with E-state index in [1.54, 1.807) is 0 Å². The lowest BCUT2D eigenvalue weighted by Crippen LogP contribution is -2.17. The van der Waals surface area contributed by atoms with Crippen molar-refractivity contribution in [2.75, 3.05) is 4.90 Å². The Labute approximate surface area is 209 Å². The molecule has 3 heteroatoms. The average molecular weight is 463 g/mol. The first-order valence-electron chi connectivity index (χ1n) is 12.1. The van der Waals surface area contributed by atoms with Gasteiger partial charge in [-0.15, -0.1) is 0 Å². The van der Waals surface area contributed by atoms with Gasteiger partial charge in [0.15, 0.2) is 17.3 Å². The molecule has 0 unspecified atom stereocenters. The van der Waals surface area contributed by atoms with Crippen molar-refractivity contribution in [3.63, 3.8) is 0 Å². The Bertz CT molecular complexity index is 1710. The van der Waals surface area contributed by atoms with Crippen LogP contribution in [-0.2, 0) is 0 Å². The van der Waals surface area contributed by atoms with E-state index in [4.69, 9.17) is 9.72 Å². The summed E-state index contributed by atoms with van der Waals surface area (Å²) in [5.41, 5.74) is 7.55. The van der Waals surface area contributed by atoms with Gasteiger partial charge in [0, 0.05) is 16.6 Å². The molecule has 0 fully saturated rings. The highest BCUT2D eigenvalue weighted by atomic mass is 16.5. The third kappa shape index (κ3) is 3.41. The number of nitrogens with zero attached hydrogens (tertiary/aromatic N) is 2. The van der Waals surface area contributed by atoms with Crippen LogP contribution >= 0.6 is 0 Å². The number of hydrogen-bond acceptors (Lipinski definition) is 3. The van der Waals surface area contributed by atoms with Gasteiger partial charge in [0.25, 0.3) is 0 Å². The second-order valence-corrected chi connectivity index (χ2v) is 8.87. The fraction of sp³-hybridized carbons (Fsp3) is 0. The van der Waals surface area contributed by atoms with Crippen molar-refractivity contribution in [2.45, 2.75) is 0 Å². The van der Waals surface area contributed by atoms with Gasteiger partial charge in [-0.25, -0.2) is 4.98 Å². The first-order valence-corrected chi connectivity index (χ1v) is 12.1. The molecular weight excluding hydrogens is 440 g/mol. The summed E-state index contributed by atoms with van der Waals surface area (Å²) < 4.78 is 6.39. The van der Waals surface area contributed by atoms with E-state index in [2.05, 4.69) is 108 Å². The zero-order valence-electron chi connectivity index (χ0n) is 19.5. The maximum Gasteiger partial charge on any atom is 0.181 e. The number of hydrogen-bond donors (Lipinski definition) is 0. The van der Waals surface area contributed by atoms with Crippen LogP contribution in [0.25, 0.3) is 33.2 Å². The Morgan fingerprint density at radius 2 is 1.22 bits per heavy atom. The number of ether oxygens (including phenoxy) is 1. The van der Waals surface area contributed by atoms with E-state index in [1.807, 2.05) is 30.3 Å². The van der Waals surface area contributed by atoms with Crippen LogP contribution in [0.1, 0.15) is 0 Å². The minimum atomic E-state index is 0.747. The molecule has 0 bridgehead atoms. The number of rotatable bonds is 3. The van der Waals surface area contributed by atoms with E-state index in [0.29, 0.717) is 0 Å². The maximum absolute atomic E-state index is 6.39. The van der Waals surface area contributed by atoms with Gasteiger partial charge in [-0.1, -0.05) is 103 Å². The Morgan fingerprint density at radius 1 is 0.528 bits per heavy atom. The van der Waals surface area contributed by atoms with Gasteiger partial charge >= 0.3 is 0 Å². The molecule has 0 radical (unpaired) electrons. The van der Waals surface area contributed by atoms with E-state index < -0.39 is 0 Å². The second kappa shape index (κ2) is 8.40. The monoisotopic (exact) mass is 462 g/mol. The SMILES string of the molecule is c1ccc(-c2cccc(N3c4ccccc4Oc4cc5cccc(-c6ccccc6)c5nc43)c2)cc1. The van der Waals surface area contributed by atoms with Crippen molar-refractivity contribution in [2.24, 2.45) is 0 Å². The molecule has 1 aliphatic rings. The Kier molecular flexibility index (Phi) is 4.78. The third-order valence-electron chi connectivity index (χ3n) is 6.63. The fourth-order valence-electron chi connectivity index (χ4n) is 4.93. The molecule has 36 heavy (non-hydrogen) atoms. The van der Waals surface area contributed by atoms with Crippen LogP contribution in [0.2, 0.25) is 0 Å². The molecule has 0 atom stereocenters. The summed E-state index contributed by atoms with van der Waals surface area (Å²) >= 11 is 0. The molecule has 0 amide bonds. The Hall–Kier alpha value is -4.89. The van der Waals surface area contributed by atoms with E-state index in [9.17, 15) is 0 Å². The van der Waals surface area contributed by atoms with Gasteiger partial charge in [0.1, 0.15) is 0 Å². The van der Waals surface area contributed by atoms with Crippen LogP contribution in [0.15, 0.2) is 133 Å². The molecule has 5 aromatic carbocycles. The largest absolute Gasteiger partial charge is 0.451 e. The summed E-state index contributed by atoms with van der Waals surface area (Å²) in [6.45, 7) is 0. The van der Waals surface area contributed by atoms with E-state index in [0.717, 1.165) is 56.3 Å². The van der Waals surface area contributed by atoms with Gasteiger partial charge in [-0.2, -0.15) is 0 Å². The molecule has 0 saturated carbocycles. The summed E-state index contributed by atoms with van der Waals surface area (Å²) in [6.07, 6.45) is 0. The lowest BCUT2D eigenvalue weighted by atomic mass is 10.0. The number of anilines is 3. The minimum Gasteiger partial charge on any atom is -0.451 e. The topological polar surface area (TPSA) is 25.4 Å². The summed E-state index contributed by atoms with van der Waals surface area (Å²) in [5, 5.41) is 1.05. The van der Waals surface area contributed by atoms with Crippen molar-refractivity contribution in [3.05, 3.63) is 133 Å². The number of benzene rings is 5. The minimum absolute atomic E-state index is 0.747. The van der Waals surface area contributed by atoms with Gasteiger partial charge in [0.2, 0.25) is 0 Å². The lowest BCUT2D eigenvalue weighted by Gasteiger charge is -2.32. The first kappa shape index (κ1) is 20.5. The van der Waals surface area contributed by atoms with Crippen molar-refractivity contribution >= 4 is 28.1 Å². The quantitative estimate of drug-likeness (QED) is 0.262. The zero-order valence-corrected chi connectivity index (χ0v) is 19.5. The van der Waals surface area contributed by atoms with Crippen molar-refractivity contribution < 1.29 is 4.74 Å². The van der Waals surface area contributed by atoms with E-state index in [-0.39, 0.29) is 0 Å². The van der Waals surface area contributed by atoms with E-state index in [1.165, 1.54) is 5.56 Å². The smallest absolute Gasteiger partial charge is 0.181 e. The summed E-state index contributed by atoms with van der Waals surface area (Å²) in [6, 6.07) is 46.0. The van der Waals surface area contributed by atoms with Crippen LogP contribution < -0.4 is 9.64 Å². The number of aromatic nitrogens is 1. The van der Waals surface area contributed by atoms with E-state index >= 15 is 0 Å². The molecule has 3 nitrogen and oxygen atoms in total. The highest BCUT2D eigenvalue weighted by Crippen LogP contribution is 2.51. The van der Waals surface area contributed by atoms with Crippen molar-refractivity contribution in [3.8, 4) is 33.8 Å². The van der Waals surface area contributed by atoms with Crippen LogP contribution in [-0.4, -0.2) is 4.98 Å². The van der Waals surface area contributed by atoms with Gasteiger partial charge < -0.3 is 4.74 Å². The lowest BCUT2D eigenvalue weighted by molar-refractivity contribution is 0.475. The molecule has 0 aliphatic carbocycles. The fourth-order valence-corrected chi connectivity index (χ4v) is 4.93. The van der Waals surface area contributed by atoms with Crippen molar-refractivity contribution in [1.29, 1.82) is 0 Å². The van der Waals surface area contributed by atoms with Crippen LogP contribution in [0.3, 0.4) is 0 Å². The van der Waals surface area contributed by atoms with Gasteiger partial charge in [-0.05, 0) is 47.0 Å². The predicted molar refractivity (Wildman–Crippen MR) is 147 cm³/mol. The Morgan fingerprint density at radius 3 is 2.06 bits per heavy atom. The molecule has 7 rings (SSSR count). The number of fused-ring (bicyclic) bond motifs is 3. The van der Waals surface area contributed by atoms with Gasteiger partial charge in [-0.3, -0.25) is 4.90 Å². The maximum atomic E-state index is 6.39. The predicted octanol–water partition coefficient (Wildman–Crippen LogP) is 9.14. The normalized spacial score (nSPS) is 12.1. The standard InChI is InChI=1S/C33H22N2O/c1-3-11-23(12-4-1)25-15-9-17-27(21-25)35-29-19-7-8-20-30(29)36-31-22-26-16-10-18-28(32(26)34-33(31)35)24-13-5-2-6-14-24/h1-22H. The molecule has 1 aromatic heterocycles. The average Bonchev–Trinajstić information content (AvgIpc) is 2.95. The third-order valence-corrected chi connectivity index (χ3v) is 6.63. The zero-order chi connectivity index (χ0) is 23.9. The van der Waals surface area contributed by atoms with Crippen molar-refractivity contribution in [1.82, 2.24) is 4.98 Å². The Balaban J connectivity index is 1.46. The first-order chi connectivity index (χ1) is 17.8. The second-order valence-electron chi connectivity index (χ2n) is 8.87. The molecule has 0 spiro atoms. The highest BCUT2D eigenvalue weighted by Gasteiger charge is 2.28. The molecular formula is C33H22N2O. The number of para-hydroxylation sites is 3. The summed E-state index contributed by atoms with van der Waals surface area (Å²) in [4.78, 5) is 7.46. The van der Waals surface area contributed by atoms with Gasteiger partial charge in [0.05, 0.1) is 11.2 Å². The molecule has 170 valence electrons. The number of pyridine rings is 1. The highest BCUT2D eigenvalue weighted by molar-refractivity contribution is 5.98. The summed E-state index contributed by atoms with van der Waals surface area (Å²) in [7, 11) is 0. The van der Waals surface area contributed by atoms with Crippen LogP contribution in [0.4, 0.5) is 17.2 Å². The molecule has 1 aliphatic heterocycles. The van der Waals surface area contributed by atoms with Crippen LogP contribution in [0, 0.1) is 0 Å². The van der Waals surface area contributed by atoms with Crippen LogP contribution in [0.5, 0.6) is 11.5 Å². The molecule has 0 N–H and O–H groups in total. The molecule has 2 heterocycles.